The Balaban J connectivity index is 4.04. The lowest BCUT2D eigenvalue weighted by Crippen LogP contribution is -2.18. The van der Waals surface area contributed by atoms with E-state index in [9.17, 15) is 8.42 Å². The zero-order chi connectivity index (χ0) is 6.78. The molecule has 0 spiro atoms. The molecule has 5 nitrogen and oxygen atoms in total. The van der Waals surface area contributed by atoms with Crippen LogP contribution in [0.2, 0.25) is 0 Å². The highest BCUT2D eigenvalue weighted by Crippen LogP contribution is 1.94. The van der Waals surface area contributed by atoms with Crippen LogP contribution in [0, 0.1) is 0 Å². The largest absolute Gasteiger partial charge is 0.295 e. The van der Waals surface area contributed by atoms with Crippen LogP contribution < -0.4 is 0 Å². The minimum absolute atomic E-state index is 0.995. The first kappa shape index (κ1) is 7.83. The summed E-state index contributed by atoms with van der Waals surface area (Å²) in [4.78, 5) is 3.28. The van der Waals surface area contributed by atoms with E-state index in [1.54, 1.807) is 0 Å². The number of hydrogen-bond acceptors (Lipinski definition) is 4. The van der Waals surface area contributed by atoms with Gasteiger partial charge in [0.05, 0.1) is 0 Å². The van der Waals surface area contributed by atoms with E-state index in [1.807, 2.05) is 0 Å². The van der Waals surface area contributed by atoms with E-state index in [4.69, 9.17) is 9.81 Å². The Labute approximate surface area is 46.6 Å². The van der Waals surface area contributed by atoms with Crippen molar-refractivity contribution >= 4 is 10.1 Å². The van der Waals surface area contributed by atoms with Gasteiger partial charge in [-0.15, -0.1) is 0 Å². The summed E-state index contributed by atoms with van der Waals surface area (Å²) in [5.41, 5.74) is -1.57. The Morgan fingerprint density at radius 1 is 1.62 bits per heavy atom. The SMILES string of the molecule is CC(OO)S(=O)(=O)O. The highest BCUT2D eigenvalue weighted by Gasteiger charge is 2.16. The molecule has 6 heteroatoms. The maximum absolute atomic E-state index is 9.83. The zero-order valence-electron chi connectivity index (χ0n) is 4.10. The Hall–Kier alpha value is -0.170. The van der Waals surface area contributed by atoms with Gasteiger partial charge in [-0.1, -0.05) is 0 Å². The Kier molecular flexibility index (Phi) is 2.35. The summed E-state index contributed by atoms with van der Waals surface area (Å²) in [5.74, 6) is 0. The summed E-state index contributed by atoms with van der Waals surface area (Å²) in [6.07, 6.45) is 0. The predicted octanol–water partition coefficient (Wildman–Crippen LogP) is -0.290. The zero-order valence-corrected chi connectivity index (χ0v) is 4.92. The second-order valence-electron chi connectivity index (χ2n) is 1.19. The molecule has 0 aliphatic carbocycles. The van der Waals surface area contributed by atoms with Gasteiger partial charge in [0.15, 0.2) is 0 Å². The average Bonchev–Trinajstić information content (AvgIpc) is 1.62. The van der Waals surface area contributed by atoms with E-state index in [0.29, 0.717) is 0 Å². The summed E-state index contributed by atoms with van der Waals surface area (Å²) < 4.78 is 27.6. The van der Waals surface area contributed by atoms with Crippen LogP contribution in [-0.4, -0.2) is 23.7 Å². The van der Waals surface area contributed by atoms with Gasteiger partial charge in [-0.2, -0.15) is 8.42 Å². The van der Waals surface area contributed by atoms with E-state index >= 15 is 0 Å². The summed E-state index contributed by atoms with van der Waals surface area (Å²) in [6, 6.07) is 0. The molecule has 0 saturated carbocycles. The molecule has 0 aromatic carbocycles. The molecule has 1 unspecified atom stereocenters. The Morgan fingerprint density at radius 3 is 2.00 bits per heavy atom. The van der Waals surface area contributed by atoms with Crippen LogP contribution in [0.5, 0.6) is 0 Å². The summed E-state index contributed by atoms with van der Waals surface area (Å²) in [5, 5.41) is 7.63. The van der Waals surface area contributed by atoms with E-state index in [0.717, 1.165) is 6.92 Å². The maximum Gasteiger partial charge on any atom is 0.295 e. The molecule has 0 aliphatic rings. The van der Waals surface area contributed by atoms with E-state index in [-0.39, 0.29) is 0 Å². The van der Waals surface area contributed by atoms with E-state index in [2.05, 4.69) is 4.89 Å². The molecular weight excluding hydrogens is 136 g/mol. The molecule has 0 amide bonds. The van der Waals surface area contributed by atoms with Crippen molar-refractivity contribution in [1.29, 1.82) is 0 Å². The molecule has 1 atom stereocenters. The quantitative estimate of drug-likeness (QED) is 0.314. The van der Waals surface area contributed by atoms with Gasteiger partial charge in [-0.25, -0.2) is 4.89 Å². The van der Waals surface area contributed by atoms with Crippen LogP contribution in [0.15, 0.2) is 0 Å². The van der Waals surface area contributed by atoms with Crippen LogP contribution in [0.3, 0.4) is 0 Å². The normalized spacial score (nSPS) is 15.9. The average molecular weight is 142 g/mol. The Morgan fingerprint density at radius 2 is 2.00 bits per heavy atom. The first-order valence-corrected chi connectivity index (χ1v) is 3.25. The van der Waals surface area contributed by atoms with Crippen LogP contribution in [0.1, 0.15) is 6.92 Å². The van der Waals surface area contributed by atoms with Crippen molar-refractivity contribution in [2.75, 3.05) is 0 Å². The molecule has 0 rings (SSSR count). The van der Waals surface area contributed by atoms with Gasteiger partial charge in [-0.3, -0.25) is 9.81 Å². The third-order valence-corrected chi connectivity index (χ3v) is 1.49. The third kappa shape index (κ3) is 2.22. The van der Waals surface area contributed by atoms with Crippen LogP contribution in [0.25, 0.3) is 0 Å². The predicted molar refractivity (Wildman–Crippen MR) is 24.7 cm³/mol. The highest BCUT2D eigenvalue weighted by molar-refractivity contribution is 7.86. The van der Waals surface area contributed by atoms with Gasteiger partial charge in [0.25, 0.3) is 10.1 Å². The van der Waals surface area contributed by atoms with Crippen molar-refractivity contribution in [2.45, 2.75) is 12.4 Å². The fourth-order valence-corrected chi connectivity index (χ4v) is 0.163. The van der Waals surface area contributed by atoms with Gasteiger partial charge in [0.2, 0.25) is 5.44 Å². The standard InChI is InChI=1S/C2H6O5S/c1-2(7-3)8(4,5)6/h2-3H,1H3,(H,4,5,6). The number of rotatable bonds is 2. The van der Waals surface area contributed by atoms with Crippen LogP contribution in [0.4, 0.5) is 0 Å². The lowest BCUT2D eigenvalue weighted by atomic mass is 10.9. The van der Waals surface area contributed by atoms with Crippen molar-refractivity contribution in [2.24, 2.45) is 0 Å². The molecule has 0 saturated heterocycles. The first-order valence-electron chi connectivity index (χ1n) is 1.75. The van der Waals surface area contributed by atoms with Crippen molar-refractivity contribution in [3.63, 3.8) is 0 Å². The molecule has 0 radical (unpaired) electrons. The molecule has 0 heterocycles. The van der Waals surface area contributed by atoms with Crippen LogP contribution >= 0.6 is 0 Å². The van der Waals surface area contributed by atoms with Crippen molar-refractivity contribution in [3.05, 3.63) is 0 Å². The second kappa shape index (κ2) is 2.40. The molecule has 0 fully saturated rings. The molecule has 50 valence electrons. The topological polar surface area (TPSA) is 83.8 Å². The third-order valence-electron chi connectivity index (χ3n) is 0.568. The number of hydrogen-bond donors (Lipinski definition) is 2. The Bertz CT molecular complexity index is 146. The van der Waals surface area contributed by atoms with Gasteiger partial charge in [0, 0.05) is 0 Å². The fraction of sp³-hybridized carbons (Fsp3) is 1.00. The molecule has 8 heavy (non-hydrogen) atoms. The van der Waals surface area contributed by atoms with E-state index < -0.39 is 15.6 Å². The smallest absolute Gasteiger partial charge is 0.283 e. The van der Waals surface area contributed by atoms with Gasteiger partial charge < -0.3 is 0 Å². The summed E-state index contributed by atoms with van der Waals surface area (Å²) in [7, 11) is -4.23. The molecule has 0 aliphatic heterocycles. The second-order valence-corrected chi connectivity index (χ2v) is 2.88. The molecule has 0 bridgehead atoms. The molecule has 2 N–H and O–H groups in total. The summed E-state index contributed by atoms with van der Waals surface area (Å²) >= 11 is 0. The van der Waals surface area contributed by atoms with Crippen molar-refractivity contribution < 1.29 is 23.1 Å². The van der Waals surface area contributed by atoms with E-state index in [1.165, 1.54) is 0 Å². The molecule has 0 aromatic rings. The minimum atomic E-state index is -4.23. The summed E-state index contributed by atoms with van der Waals surface area (Å²) in [6.45, 7) is 0.995. The maximum atomic E-state index is 9.83. The molecule has 0 aromatic heterocycles. The highest BCUT2D eigenvalue weighted by atomic mass is 32.2. The monoisotopic (exact) mass is 142 g/mol. The van der Waals surface area contributed by atoms with Crippen molar-refractivity contribution in [3.8, 4) is 0 Å². The lowest BCUT2D eigenvalue weighted by molar-refractivity contribution is -0.252. The molecular formula is C2H6O5S. The van der Waals surface area contributed by atoms with Gasteiger partial charge in [-0.05, 0) is 6.92 Å². The fourth-order valence-electron chi connectivity index (χ4n) is 0.0544. The van der Waals surface area contributed by atoms with Crippen molar-refractivity contribution in [1.82, 2.24) is 0 Å². The lowest BCUT2D eigenvalue weighted by Gasteiger charge is -1.99. The first-order chi connectivity index (χ1) is 3.48. The minimum Gasteiger partial charge on any atom is -0.283 e. The van der Waals surface area contributed by atoms with Crippen LogP contribution in [-0.2, 0) is 15.0 Å². The van der Waals surface area contributed by atoms with Gasteiger partial charge >= 0.3 is 0 Å². The van der Waals surface area contributed by atoms with Gasteiger partial charge in [0.1, 0.15) is 0 Å².